The van der Waals surface area contributed by atoms with Crippen molar-refractivity contribution in [2.45, 2.75) is 38.8 Å². The fourth-order valence-electron chi connectivity index (χ4n) is 2.54. The van der Waals surface area contributed by atoms with Gasteiger partial charge in [0.2, 0.25) is 0 Å². The minimum atomic E-state index is 0.214. The Morgan fingerprint density at radius 2 is 2.24 bits per heavy atom. The zero-order chi connectivity index (χ0) is 12.3. The summed E-state index contributed by atoms with van der Waals surface area (Å²) in [5.41, 5.74) is 1.10. The van der Waals surface area contributed by atoms with Gasteiger partial charge in [-0.05, 0) is 36.5 Å². The molecule has 2 rings (SSSR count). The molecule has 0 spiro atoms. The molecule has 3 heteroatoms. The monoisotopic (exact) mass is 235 g/mol. The van der Waals surface area contributed by atoms with Crippen LogP contribution in [0.3, 0.4) is 0 Å². The standard InChI is InChI=1S/C14H21NO2/c1-10-4-3-5-12(10)15-9-11-6-7-14(17-2)13(16)8-11/h6-8,10,12,15-16H,3-5,9H2,1-2H3. The lowest BCUT2D eigenvalue weighted by Gasteiger charge is -2.17. The molecule has 17 heavy (non-hydrogen) atoms. The summed E-state index contributed by atoms with van der Waals surface area (Å²) in [7, 11) is 1.56. The van der Waals surface area contributed by atoms with Gasteiger partial charge in [-0.25, -0.2) is 0 Å². The second-order valence-electron chi connectivity index (χ2n) is 4.90. The number of rotatable bonds is 4. The number of phenols is 1. The fourth-order valence-corrected chi connectivity index (χ4v) is 2.54. The Kier molecular flexibility index (Phi) is 3.89. The summed E-state index contributed by atoms with van der Waals surface area (Å²) in [6, 6.07) is 6.19. The van der Waals surface area contributed by atoms with Crippen LogP contribution in [0.25, 0.3) is 0 Å². The topological polar surface area (TPSA) is 41.5 Å². The maximum atomic E-state index is 9.68. The molecule has 1 aliphatic carbocycles. The summed E-state index contributed by atoms with van der Waals surface area (Å²) in [5.74, 6) is 1.51. The van der Waals surface area contributed by atoms with Crippen molar-refractivity contribution in [3.8, 4) is 11.5 Å². The Bertz CT molecular complexity index is 378. The Morgan fingerprint density at radius 1 is 1.41 bits per heavy atom. The van der Waals surface area contributed by atoms with E-state index >= 15 is 0 Å². The summed E-state index contributed by atoms with van der Waals surface area (Å²) in [5, 5.41) is 13.2. The summed E-state index contributed by atoms with van der Waals surface area (Å²) in [6.07, 6.45) is 3.92. The van der Waals surface area contributed by atoms with E-state index < -0.39 is 0 Å². The molecular formula is C14H21NO2. The average molecular weight is 235 g/mol. The molecule has 2 atom stereocenters. The molecule has 2 unspecified atom stereocenters. The lowest BCUT2D eigenvalue weighted by Crippen LogP contribution is -2.30. The molecule has 1 aromatic carbocycles. The Hall–Kier alpha value is -1.22. The van der Waals surface area contributed by atoms with Crippen LogP contribution in [0.5, 0.6) is 11.5 Å². The first kappa shape index (κ1) is 12.2. The minimum absolute atomic E-state index is 0.214. The smallest absolute Gasteiger partial charge is 0.160 e. The number of aromatic hydroxyl groups is 1. The zero-order valence-corrected chi connectivity index (χ0v) is 10.6. The van der Waals surface area contributed by atoms with Gasteiger partial charge in [0.1, 0.15) is 0 Å². The van der Waals surface area contributed by atoms with Crippen molar-refractivity contribution in [2.75, 3.05) is 7.11 Å². The van der Waals surface area contributed by atoms with Gasteiger partial charge < -0.3 is 15.2 Å². The number of ether oxygens (including phenoxy) is 1. The van der Waals surface area contributed by atoms with Crippen LogP contribution in [0.4, 0.5) is 0 Å². The van der Waals surface area contributed by atoms with E-state index in [4.69, 9.17) is 4.74 Å². The van der Waals surface area contributed by atoms with E-state index in [0.717, 1.165) is 18.0 Å². The van der Waals surface area contributed by atoms with E-state index in [0.29, 0.717) is 11.8 Å². The van der Waals surface area contributed by atoms with Gasteiger partial charge in [-0.2, -0.15) is 0 Å². The molecule has 1 fully saturated rings. The molecule has 0 radical (unpaired) electrons. The third-order valence-electron chi connectivity index (χ3n) is 3.67. The summed E-state index contributed by atoms with van der Waals surface area (Å²) >= 11 is 0. The van der Waals surface area contributed by atoms with Crippen LogP contribution in [0.1, 0.15) is 31.7 Å². The predicted molar refractivity (Wildman–Crippen MR) is 68.3 cm³/mol. The van der Waals surface area contributed by atoms with E-state index in [1.807, 2.05) is 12.1 Å². The molecule has 94 valence electrons. The lowest BCUT2D eigenvalue weighted by molar-refractivity contribution is 0.372. The van der Waals surface area contributed by atoms with Gasteiger partial charge in [0, 0.05) is 12.6 Å². The first-order valence-corrected chi connectivity index (χ1v) is 6.30. The minimum Gasteiger partial charge on any atom is -0.504 e. The van der Waals surface area contributed by atoms with Gasteiger partial charge in [0.15, 0.2) is 11.5 Å². The van der Waals surface area contributed by atoms with Crippen LogP contribution in [-0.4, -0.2) is 18.3 Å². The van der Waals surface area contributed by atoms with Crippen LogP contribution < -0.4 is 10.1 Å². The molecule has 0 saturated heterocycles. The number of methoxy groups -OCH3 is 1. The molecule has 0 heterocycles. The Labute approximate surface area is 103 Å². The second kappa shape index (κ2) is 5.41. The molecule has 0 amide bonds. The van der Waals surface area contributed by atoms with Crippen molar-refractivity contribution in [3.63, 3.8) is 0 Å². The second-order valence-corrected chi connectivity index (χ2v) is 4.90. The highest BCUT2D eigenvalue weighted by atomic mass is 16.5. The number of hydrogen-bond acceptors (Lipinski definition) is 3. The van der Waals surface area contributed by atoms with Crippen molar-refractivity contribution >= 4 is 0 Å². The van der Waals surface area contributed by atoms with Gasteiger partial charge in [0.05, 0.1) is 7.11 Å². The predicted octanol–water partition coefficient (Wildman–Crippen LogP) is 2.68. The van der Waals surface area contributed by atoms with Crippen molar-refractivity contribution in [2.24, 2.45) is 5.92 Å². The highest BCUT2D eigenvalue weighted by Crippen LogP contribution is 2.27. The van der Waals surface area contributed by atoms with E-state index in [1.54, 1.807) is 13.2 Å². The molecule has 2 N–H and O–H groups in total. The highest BCUT2D eigenvalue weighted by molar-refractivity contribution is 5.41. The van der Waals surface area contributed by atoms with Crippen LogP contribution in [0, 0.1) is 5.92 Å². The first-order chi connectivity index (χ1) is 8.20. The van der Waals surface area contributed by atoms with Crippen LogP contribution in [0.2, 0.25) is 0 Å². The third-order valence-corrected chi connectivity index (χ3v) is 3.67. The SMILES string of the molecule is COc1ccc(CNC2CCCC2C)cc1O. The maximum absolute atomic E-state index is 9.68. The number of nitrogens with one attached hydrogen (secondary N) is 1. The van der Waals surface area contributed by atoms with E-state index in [-0.39, 0.29) is 5.75 Å². The van der Waals surface area contributed by atoms with Crippen molar-refractivity contribution < 1.29 is 9.84 Å². The normalized spacial score (nSPS) is 23.9. The largest absolute Gasteiger partial charge is 0.504 e. The Balaban J connectivity index is 1.92. The van der Waals surface area contributed by atoms with Gasteiger partial charge in [-0.1, -0.05) is 19.4 Å². The Morgan fingerprint density at radius 3 is 2.82 bits per heavy atom. The fraction of sp³-hybridized carbons (Fsp3) is 0.571. The van der Waals surface area contributed by atoms with Crippen molar-refractivity contribution in [1.82, 2.24) is 5.32 Å². The van der Waals surface area contributed by atoms with Gasteiger partial charge in [0.25, 0.3) is 0 Å². The molecule has 0 bridgehead atoms. The number of phenolic OH excluding ortho intramolecular Hbond substituents is 1. The van der Waals surface area contributed by atoms with E-state index in [9.17, 15) is 5.11 Å². The summed E-state index contributed by atoms with van der Waals surface area (Å²) < 4.78 is 5.02. The molecule has 0 aliphatic heterocycles. The third kappa shape index (κ3) is 2.91. The summed E-state index contributed by atoms with van der Waals surface area (Å²) in [6.45, 7) is 3.11. The van der Waals surface area contributed by atoms with Gasteiger partial charge in [-0.15, -0.1) is 0 Å². The van der Waals surface area contributed by atoms with Gasteiger partial charge >= 0.3 is 0 Å². The van der Waals surface area contributed by atoms with E-state index in [1.165, 1.54) is 19.3 Å². The summed E-state index contributed by atoms with van der Waals surface area (Å²) in [4.78, 5) is 0. The van der Waals surface area contributed by atoms with Crippen LogP contribution >= 0.6 is 0 Å². The van der Waals surface area contributed by atoms with Crippen molar-refractivity contribution in [1.29, 1.82) is 0 Å². The molecule has 3 nitrogen and oxygen atoms in total. The highest BCUT2D eigenvalue weighted by Gasteiger charge is 2.22. The molecule has 0 aromatic heterocycles. The van der Waals surface area contributed by atoms with Gasteiger partial charge in [-0.3, -0.25) is 0 Å². The zero-order valence-electron chi connectivity index (χ0n) is 10.6. The maximum Gasteiger partial charge on any atom is 0.160 e. The van der Waals surface area contributed by atoms with Crippen molar-refractivity contribution in [3.05, 3.63) is 23.8 Å². The van der Waals surface area contributed by atoms with Crippen LogP contribution in [0.15, 0.2) is 18.2 Å². The molecule has 1 aliphatic rings. The van der Waals surface area contributed by atoms with Crippen LogP contribution in [-0.2, 0) is 6.54 Å². The first-order valence-electron chi connectivity index (χ1n) is 6.30. The molecular weight excluding hydrogens is 214 g/mol. The lowest BCUT2D eigenvalue weighted by atomic mass is 10.1. The molecule has 1 aromatic rings. The quantitative estimate of drug-likeness (QED) is 0.843. The molecule has 1 saturated carbocycles. The van der Waals surface area contributed by atoms with E-state index in [2.05, 4.69) is 12.2 Å². The number of hydrogen-bond donors (Lipinski definition) is 2. The number of benzene rings is 1. The average Bonchev–Trinajstić information content (AvgIpc) is 2.72.